The molecule has 0 aromatic heterocycles. The summed E-state index contributed by atoms with van der Waals surface area (Å²) in [7, 11) is 0. The summed E-state index contributed by atoms with van der Waals surface area (Å²) in [5.41, 5.74) is 0. The van der Waals surface area contributed by atoms with Crippen LogP contribution < -0.4 is 5.32 Å². The van der Waals surface area contributed by atoms with Gasteiger partial charge in [-0.15, -0.1) is 0 Å². The summed E-state index contributed by atoms with van der Waals surface area (Å²) in [4.78, 5) is 20.4. The number of aliphatic carboxylic acids is 1. The molecular formula is C7H9NO3. The molecule has 60 valence electrons. The molecule has 0 aliphatic rings. The third-order valence-electron chi connectivity index (χ3n) is 0.821. The number of hydrogen-bond donors (Lipinski definition) is 2. The average Bonchev–Trinajstić information content (AvgIpc) is 1.97. The Morgan fingerprint density at radius 3 is 2.64 bits per heavy atom. The van der Waals surface area contributed by atoms with E-state index in [-0.39, 0.29) is 12.3 Å². The van der Waals surface area contributed by atoms with Crippen LogP contribution in [0.5, 0.6) is 0 Å². The van der Waals surface area contributed by atoms with Crippen molar-refractivity contribution in [2.75, 3.05) is 0 Å². The fraction of sp³-hybridized carbons (Fsp3) is 0.143. The molecule has 0 saturated carbocycles. The molecule has 1 amide bonds. The van der Waals surface area contributed by atoms with Crippen molar-refractivity contribution in [2.45, 2.75) is 6.42 Å². The molecule has 0 aliphatic heterocycles. The molecule has 0 aromatic carbocycles. The van der Waals surface area contributed by atoms with Crippen LogP contribution >= 0.6 is 0 Å². The van der Waals surface area contributed by atoms with E-state index in [0.717, 1.165) is 6.08 Å². The van der Waals surface area contributed by atoms with Crippen molar-refractivity contribution < 1.29 is 14.7 Å². The SMILES string of the molecule is C=CC(=O)N/C=C/CC(=O)O. The molecule has 2 N–H and O–H groups in total. The molecule has 0 aromatic rings. The molecule has 0 fully saturated rings. The Morgan fingerprint density at radius 2 is 2.18 bits per heavy atom. The van der Waals surface area contributed by atoms with E-state index in [9.17, 15) is 9.59 Å². The number of rotatable bonds is 4. The molecule has 0 bridgehead atoms. The molecule has 0 rings (SSSR count). The summed E-state index contributed by atoms with van der Waals surface area (Å²) < 4.78 is 0. The first kappa shape index (κ1) is 9.42. The van der Waals surface area contributed by atoms with Gasteiger partial charge in [0.1, 0.15) is 0 Å². The van der Waals surface area contributed by atoms with Gasteiger partial charge in [0, 0.05) is 6.20 Å². The Labute approximate surface area is 64.2 Å². The van der Waals surface area contributed by atoms with Gasteiger partial charge in [0.2, 0.25) is 5.91 Å². The first-order valence-electron chi connectivity index (χ1n) is 2.96. The first-order valence-corrected chi connectivity index (χ1v) is 2.96. The summed E-state index contributed by atoms with van der Waals surface area (Å²) in [6.07, 6.45) is 3.62. The number of hydrogen-bond acceptors (Lipinski definition) is 2. The number of nitrogens with one attached hydrogen (secondary N) is 1. The molecule has 4 nitrogen and oxygen atoms in total. The van der Waals surface area contributed by atoms with Crippen molar-refractivity contribution in [1.29, 1.82) is 0 Å². The standard InChI is InChI=1S/C7H9NO3/c1-2-6(9)8-5-3-4-7(10)11/h2-3,5H,1,4H2,(H,8,9)(H,10,11)/b5-3+. The van der Waals surface area contributed by atoms with Gasteiger partial charge in [-0.3, -0.25) is 9.59 Å². The average molecular weight is 155 g/mol. The second kappa shape index (κ2) is 5.22. The highest BCUT2D eigenvalue weighted by atomic mass is 16.4. The van der Waals surface area contributed by atoms with Gasteiger partial charge in [-0.2, -0.15) is 0 Å². The molecular weight excluding hydrogens is 146 g/mol. The number of amides is 1. The van der Waals surface area contributed by atoms with Crippen LogP contribution in [0.4, 0.5) is 0 Å². The van der Waals surface area contributed by atoms with Crippen LogP contribution in [0.15, 0.2) is 24.9 Å². The molecule has 0 saturated heterocycles. The Balaban J connectivity index is 3.52. The summed E-state index contributed by atoms with van der Waals surface area (Å²) >= 11 is 0. The molecule has 0 atom stereocenters. The zero-order valence-corrected chi connectivity index (χ0v) is 5.91. The molecule has 0 spiro atoms. The first-order chi connectivity index (χ1) is 5.16. The highest BCUT2D eigenvalue weighted by Gasteiger charge is 1.89. The molecule has 0 radical (unpaired) electrons. The molecule has 0 unspecified atom stereocenters. The highest BCUT2D eigenvalue weighted by Crippen LogP contribution is 1.79. The Kier molecular flexibility index (Phi) is 4.47. The van der Waals surface area contributed by atoms with Crippen LogP contribution in [-0.2, 0) is 9.59 Å². The number of carboxylic acids is 1. The topological polar surface area (TPSA) is 66.4 Å². The van der Waals surface area contributed by atoms with Gasteiger partial charge in [0.05, 0.1) is 6.42 Å². The third-order valence-corrected chi connectivity index (χ3v) is 0.821. The van der Waals surface area contributed by atoms with Crippen molar-refractivity contribution in [1.82, 2.24) is 5.32 Å². The van der Waals surface area contributed by atoms with Crippen molar-refractivity contribution in [3.63, 3.8) is 0 Å². The maximum absolute atomic E-state index is 10.4. The third kappa shape index (κ3) is 6.30. The van der Waals surface area contributed by atoms with Gasteiger partial charge in [0.15, 0.2) is 0 Å². The van der Waals surface area contributed by atoms with E-state index in [4.69, 9.17) is 5.11 Å². The number of carbonyl (C=O) groups is 2. The van der Waals surface area contributed by atoms with Crippen molar-refractivity contribution >= 4 is 11.9 Å². The normalized spacial score (nSPS) is 9.45. The van der Waals surface area contributed by atoms with Crippen LogP contribution in [0.25, 0.3) is 0 Å². The maximum Gasteiger partial charge on any atom is 0.307 e. The zero-order chi connectivity index (χ0) is 8.69. The second-order valence-corrected chi connectivity index (χ2v) is 1.71. The summed E-state index contributed by atoms with van der Waals surface area (Å²) in [6, 6.07) is 0. The lowest BCUT2D eigenvalue weighted by Crippen LogP contribution is -2.12. The molecule has 0 heterocycles. The Hall–Kier alpha value is -1.58. The minimum absolute atomic E-state index is 0.0998. The van der Waals surface area contributed by atoms with E-state index >= 15 is 0 Å². The van der Waals surface area contributed by atoms with E-state index in [1.165, 1.54) is 12.3 Å². The second-order valence-electron chi connectivity index (χ2n) is 1.71. The zero-order valence-electron chi connectivity index (χ0n) is 5.91. The maximum atomic E-state index is 10.4. The number of carboxylic acid groups (broad SMARTS) is 1. The van der Waals surface area contributed by atoms with E-state index < -0.39 is 5.97 Å². The van der Waals surface area contributed by atoms with Crippen molar-refractivity contribution in [3.05, 3.63) is 24.9 Å². The summed E-state index contributed by atoms with van der Waals surface area (Å²) in [6.45, 7) is 3.21. The fourth-order valence-corrected chi connectivity index (χ4v) is 0.360. The van der Waals surface area contributed by atoms with Gasteiger partial charge >= 0.3 is 5.97 Å². The molecule has 4 heteroatoms. The minimum atomic E-state index is -0.936. The van der Waals surface area contributed by atoms with E-state index in [2.05, 4.69) is 11.9 Å². The van der Waals surface area contributed by atoms with Crippen LogP contribution in [-0.4, -0.2) is 17.0 Å². The van der Waals surface area contributed by atoms with Gasteiger partial charge in [-0.05, 0) is 6.08 Å². The smallest absolute Gasteiger partial charge is 0.307 e. The monoisotopic (exact) mass is 155 g/mol. The van der Waals surface area contributed by atoms with E-state index in [1.807, 2.05) is 0 Å². The predicted molar refractivity (Wildman–Crippen MR) is 39.7 cm³/mol. The van der Waals surface area contributed by atoms with Gasteiger partial charge in [-0.1, -0.05) is 12.7 Å². The van der Waals surface area contributed by atoms with Crippen molar-refractivity contribution in [2.24, 2.45) is 0 Å². The largest absolute Gasteiger partial charge is 0.481 e. The Morgan fingerprint density at radius 1 is 1.55 bits per heavy atom. The lowest BCUT2D eigenvalue weighted by molar-refractivity contribution is -0.136. The quantitative estimate of drug-likeness (QED) is 0.573. The van der Waals surface area contributed by atoms with E-state index in [1.54, 1.807) is 0 Å². The lowest BCUT2D eigenvalue weighted by Gasteiger charge is -1.89. The van der Waals surface area contributed by atoms with Crippen molar-refractivity contribution in [3.8, 4) is 0 Å². The van der Waals surface area contributed by atoms with Gasteiger partial charge < -0.3 is 10.4 Å². The lowest BCUT2D eigenvalue weighted by atomic mass is 10.4. The van der Waals surface area contributed by atoms with Gasteiger partial charge in [0.25, 0.3) is 0 Å². The molecule has 0 aliphatic carbocycles. The number of carbonyl (C=O) groups excluding carboxylic acids is 1. The summed E-state index contributed by atoms with van der Waals surface area (Å²) in [5, 5.41) is 10.4. The Bertz CT molecular complexity index is 196. The van der Waals surface area contributed by atoms with Crippen LogP contribution in [0, 0.1) is 0 Å². The van der Waals surface area contributed by atoms with Crippen LogP contribution in [0.2, 0.25) is 0 Å². The highest BCUT2D eigenvalue weighted by molar-refractivity contribution is 5.87. The minimum Gasteiger partial charge on any atom is -0.481 e. The van der Waals surface area contributed by atoms with Crippen LogP contribution in [0.3, 0.4) is 0 Å². The fourth-order valence-electron chi connectivity index (χ4n) is 0.360. The van der Waals surface area contributed by atoms with Crippen LogP contribution in [0.1, 0.15) is 6.42 Å². The predicted octanol–water partition coefficient (Wildman–Crippen LogP) is 0.277. The summed E-state index contributed by atoms with van der Waals surface area (Å²) in [5.74, 6) is -1.29. The molecule has 11 heavy (non-hydrogen) atoms. The van der Waals surface area contributed by atoms with Gasteiger partial charge in [-0.25, -0.2) is 0 Å². The van der Waals surface area contributed by atoms with E-state index in [0.29, 0.717) is 0 Å².